The van der Waals surface area contributed by atoms with Gasteiger partial charge in [-0.2, -0.15) is 0 Å². The predicted octanol–water partition coefficient (Wildman–Crippen LogP) is 3.07. The average molecular weight is 282 g/mol. The van der Waals surface area contributed by atoms with E-state index >= 15 is 0 Å². The molecule has 0 heterocycles. The molecule has 2 fully saturated rings. The van der Waals surface area contributed by atoms with Crippen LogP contribution in [0.3, 0.4) is 0 Å². The molecule has 0 radical (unpaired) electrons. The number of amides is 2. The Balaban J connectivity index is 1.45. The first kappa shape index (κ1) is 15.6. The van der Waals surface area contributed by atoms with Gasteiger partial charge in [0.25, 0.3) is 0 Å². The van der Waals surface area contributed by atoms with Gasteiger partial charge in [-0.25, -0.2) is 4.79 Å². The summed E-state index contributed by atoms with van der Waals surface area (Å²) in [5.74, 6) is 1.47. The van der Waals surface area contributed by atoms with Crippen molar-refractivity contribution in [2.75, 3.05) is 26.3 Å². The van der Waals surface area contributed by atoms with E-state index in [4.69, 9.17) is 4.74 Å². The quantitative estimate of drug-likeness (QED) is 0.705. The van der Waals surface area contributed by atoms with Crippen LogP contribution in [-0.2, 0) is 4.74 Å². The first-order chi connectivity index (χ1) is 9.84. The Morgan fingerprint density at radius 3 is 2.30 bits per heavy atom. The van der Waals surface area contributed by atoms with Crippen LogP contribution in [0.2, 0.25) is 0 Å². The van der Waals surface area contributed by atoms with Crippen LogP contribution in [0.5, 0.6) is 0 Å². The van der Waals surface area contributed by atoms with Crippen molar-refractivity contribution >= 4 is 6.03 Å². The predicted molar refractivity (Wildman–Crippen MR) is 80.8 cm³/mol. The Hall–Kier alpha value is -0.770. The maximum Gasteiger partial charge on any atom is 0.314 e. The second-order valence-corrected chi connectivity index (χ2v) is 6.37. The van der Waals surface area contributed by atoms with E-state index in [1.807, 2.05) is 0 Å². The third-order valence-corrected chi connectivity index (χ3v) is 4.36. The number of carbonyl (C=O) groups excluding carboxylic acids is 1. The minimum atomic E-state index is -0.0397. The first-order valence-corrected chi connectivity index (χ1v) is 8.44. The highest BCUT2D eigenvalue weighted by molar-refractivity contribution is 5.73. The van der Waals surface area contributed by atoms with Gasteiger partial charge in [-0.05, 0) is 37.5 Å². The number of ether oxygens (including phenoxy) is 1. The van der Waals surface area contributed by atoms with E-state index in [-0.39, 0.29) is 6.03 Å². The summed E-state index contributed by atoms with van der Waals surface area (Å²) in [6.45, 7) is 2.94. The largest absolute Gasteiger partial charge is 0.379 e. The summed E-state index contributed by atoms with van der Waals surface area (Å²) >= 11 is 0. The second kappa shape index (κ2) is 9.22. The molecule has 2 amide bonds. The minimum Gasteiger partial charge on any atom is -0.379 e. The smallest absolute Gasteiger partial charge is 0.314 e. The molecule has 4 nitrogen and oxygen atoms in total. The zero-order chi connectivity index (χ0) is 14.0. The fourth-order valence-corrected chi connectivity index (χ4v) is 2.82. The van der Waals surface area contributed by atoms with Crippen molar-refractivity contribution in [1.82, 2.24) is 10.6 Å². The summed E-state index contributed by atoms with van der Waals surface area (Å²) in [5.41, 5.74) is 0. The lowest BCUT2D eigenvalue weighted by Gasteiger charge is -2.20. The van der Waals surface area contributed by atoms with Crippen molar-refractivity contribution in [3.8, 4) is 0 Å². The van der Waals surface area contributed by atoms with Gasteiger partial charge in [0.15, 0.2) is 0 Å². The van der Waals surface area contributed by atoms with Gasteiger partial charge in [-0.15, -0.1) is 0 Å². The lowest BCUT2D eigenvalue weighted by atomic mass is 9.91. The number of rotatable bonds is 7. The van der Waals surface area contributed by atoms with E-state index in [9.17, 15) is 4.79 Å². The third kappa shape index (κ3) is 7.13. The number of carbonyl (C=O) groups is 1. The van der Waals surface area contributed by atoms with E-state index in [2.05, 4.69) is 10.6 Å². The monoisotopic (exact) mass is 282 g/mol. The number of nitrogens with one attached hydrogen (secondary N) is 2. The van der Waals surface area contributed by atoms with Gasteiger partial charge in [-0.1, -0.05) is 32.1 Å². The van der Waals surface area contributed by atoms with Gasteiger partial charge >= 0.3 is 6.03 Å². The Kier molecular flexibility index (Phi) is 7.20. The van der Waals surface area contributed by atoms with E-state index in [1.54, 1.807) is 0 Å². The van der Waals surface area contributed by atoms with Crippen LogP contribution >= 0.6 is 0 Å². The molecule has 0 aromatic carbocycles. The van der Waals surface area contributed by atoms with Gasteiger partial charge in [0, 0.05) is 19.7 Å². The molecule has 2 aliphatic carbocycles. The van der Waals surface area contributed by atoms with Crippen LogP contribution in [-0.4, -0.2) is 32.3 Å². The van der Waals surface area contributed by atoms with Gasteiger partial charge < -0.3 is 15.4 Å². The minimum absolute atomic E-state index is 0.0397. The maximum atomic E-state index is 11.7. The molecule has 0 aromatic heterocycles. The fraction of sp³-hybridized carbons (Fsp3) is 0.938. The lowest BCUT2D eigenvalue weighted by molar-refractivity contribution is 0.127. The molecule has 0 aliphatic heterocycles. The van der Waals surface area contributed by atoms with E-state index < -0.39 is 0 Å². The highest BCUT2D eigenvalue weighted by Gasteiger charge is 2.20. The Morgan fingerprint density at radius 1 is 0.900 bits per heavy atom. The van der Waals surface area contributed by atoms with E-state index in [0.29, 0.717) is 19.1 Å². The Morgan fingerprint density at radius 2 is 1.60 bits per heavy atom. The SMILES string of the molecule is O=C(NCCOCC1CC1)NCC1CCCCCCC1. The summed E-state index contributed by atoms with van der Waals surface area (Å²) in [5, 5.41) is 5.88. The Bertz CT molecular complexity index is 272. The zero-order valence-corrected chi connectivity index (χ0v) is 12.7. The molecule has 0 spiro atoms. The molecule has 2 N–H and O–H groups in total. The topological polar surface area (TPSA) is 50.4 Å². The molecule has 0 atom stereocenters. The first-order valence-electron chi connectivity index (χ1n) is 8.44. The standard InChI is InChI=1S/C16H30N2O2/c19-16(17-10-11-20-13-15-8-9-15)18-12-14-6-4-2-1-3-5-7-14/h14-15H,1-13H2,(H2,17,18,19). The molecule has 4 heteroatoms. The van der Waals surface area contributed by atoms with Gasteiger partial charge in [0.05, 0.1) is 6.61 Å². The van der Waals surface area contributed by atoms with Gasteiger partial charge in [0.2, 0.25) is 0 Å². The van der Waals surface area contributed by atoms with Crippen molar-refractivity contribution in [2.45, 2.75) is 57.8 Å². The van der Waals surface area contributed by atoms with Crippen molar-refractivity contribution in [3.05, 3.63) is 0 Å². The highest BCUT2D eigenvalue weighted by atomic mass is 16.5. The molecule has 0 aromatic rings. The second-order valence-electron chi connectivity index (χ2n) is 6.37. The van der Waals surface area contributed by atoms with Crippen LogP contribution in [0.15, 0.2) is 0 Å². The normalized spacial score (nSPS) is 21.0. The molecule has 0 bridgehead atoms. The molecule has 2 saturated carbocycles. The van der Waals surface area contributed by atoms with E-state index in [0.717, 1.165) is 19.1 Å². The molecular weight excluding hydrogens is 252 g/mol. The van der Waals surface area contributed by atoms with Crippen LogP contribution in [0, 0.1) is 11.8 Å². The number of urea groups is 1. The van der Waals surface area contributed by atoms with Crippen molar-refractivity contribution in [1.29, 1.82) is 0 Å². The lowest BCUT2D eigenvalue weighted by Crippen LogP contribution is -2.39. The van der Waals surface area contributed by atoms with Crippen molar-refractivity contribution < 1.29 is 9.53 Å². The molecule has 116 valence electrons. The molecule has 0 saturated heterocycles. The molecular formula is C16H30N2O2. The molecule has 2 aliphatic rings. The highest BCUT2D eigenvalue weighted by Crippen LogP contribution is 2.28. The average Bonchev–Trinajstić information content (AvgIpc) is 3.21. The Labute approximate surface area is 123 Å². The molecule has 2 rings (SSSR count). The van der Waals surface area contributed by atoms with Crippen LogP contribution in [0.4, 0.5) is 4.79 Å². The van der Waals surface area contributed by atoms with Gasteiger partial charge in [0.1, 0.15) is 0 Å². The number of hydrogen-bond acceptors (Lipinski definition) is 2. The van der Waals surface area contributed by atoms with Crippen molar-refractivity contribution in [3.63, 3.8) is 0 Å². The summed E-state index contributed by atoms with van der Waals surface area (Å²) in [6, 6.07) is -0.0397. The third-order valence-electron chi connectivity index (χ3n) is 4.36. The summed E-state index contributed by atoms with van der Waals surface area (Å²) in [4.78, 5) is 11.7. The number of hydrogen-bond donors (Lipinski definition) is 2. The zero-order valence-electron chi connectivity index (χ0n) is 12.7. The van der Waals surface area contributed by atoms with Crippen LogP contribution in [0.25, 0.3) is 0 Å². The van der Waals surface area contributed by atoms with Crippen molar-refractivity contribution in [2.24, 2.45) is 11.8 Å². The van der Waals surface area contributed by atoms with Gasteiger partial charge in [-0.3, -0.25) is 0 Å². The van der Waals surface area contributed by atoms with Crippen LogP contribution < -0.4 is 10.6 Å². The summed E-state index contributed by atoms with van der Waals surface area (Å²) in [6.07, 6.45) is 11.9. The molecule has 0 unspecified atom stereocenters. The summed E-state index contributed by atoms with van der Waals surface area (Å²) in [7, 11) is 0. The molecule has 20 heavy (non-hydrogen) atoms. The van der Waals surface area contributed by atoms with Crippen LogP contribution in [0.1, 0.15) is 57.8 Å². The fourth-order valence-electron chi connectivity index (χ4n) is 2.82. The maximum absolute atomic E-state index is 11.7. The summed E-state index contributed by atoms with van der Waals surface area (Å²) < 4.78 is 5.49. The van der Waals surface area contributed by atoms with E-state index in [1.165, 1.54) is 57.8 Å².